The normalized spacial score (nSPS) is 15.8. The number of hydrogen-bond acceptors (Lipinski definition) is 4. The maximum atomic E-state index is 11.4. The number of amides is 1. The zero-order chi connectivity index (χ0) is 16.8. The third kappa shape index (κ3) is 5.13. The zero-order valence-electron chi connectivity index (χ0n) is 14.7. The number of ether oxygens (including phenoxy) is 2. The molecule has 0 aliphatic carbocycles. The van der Waals surface area contributed by atoms with E-state index in [1.807, 2.05) is 17.0 Å². The number of carbonyl (C=O) groups excluding carboxylic acids is 1. The van der Waals surface area contributed by atoms with Crippen LogP contribution in [0.15, 0.2) is 18.2 Å². The molecular weight excluding hydrogens is 292 g/mol. The van der Waals surface area contributed by atoms with Gasteiger partial charge in [-0.2, -0.15) is 0 Å². The molecule has 0 saturated carbocycles. The Morgan fingerprint density at radius 1 is 1.17 bits per heavy atom. The molecule has 23 heavy (non-hydrogen) atoms. The summed E-state index contributed by atoms with van der Waals surface area (Å²) in [6.07, 6.45) is 0. The third-order valence-electron chi connectivity index (χ3n) is 4.02. The summed E-state index contributed by atoms with van der Waals surface area (Å²) >= 11 is 0. The third-order valence-corrected chi connectivity index (χ3v) is 4.02. The second kappa shape index (κ2) is 8.20. The van der Waals surface area contributed by atoms with Gasteiger partial charge >= 0.3 is 0 Å². The van der Waals surface area contributed by atoms with Crippen LogP contribution in [-0.4, -0.2) is 55.6 Å². The molecule has 2 rings (SSSR count). The van der Waals surface area contributed by atoms with Crippen molar-refractivity contribution in [1.82, 2.24) is 9.80 Å². The summed E-state index contributed by atoms with van der Waals surface area (Å²) in [7, 11) is 1.67. The number of nitrogens with zero attached hydrogens (tertiary/aromatic N) is 2. The first-order chi connectivity index (χ1) is 11.0. The van der Waals surface area contributed by atoms with Crippen LogP contribution < -0.4 is 9.47 Å². The van der Waals surface area contributed by atoms with Crippen molar-refractivity contribution in [1.29, 1.82) is 0 Å². The predicted molar refractivity (Wildman–Crippen MR) is 90.9 cm³/mol. The standard InChI is InChI=1S/C18H28N2O3/c1-14(2)13-23-17-6-5-16(11-18(17)22-4)12-19-7-9-20(10-8-19)15(3)21/h5-6,11,14H,7-10,12-13H2,1-4H3. The van der Waals surface area contributed by atoms with Crippen LogP contribution in [0.1, 0.15) is 26.3 Å². The van der Waals surface area contributed by atoms with Crippen molar-refractivity contribution in [2.75, 3.05) is 39.9 Å². The van der Waals surface area contributed by atoms with E-state index in [-0.39, 0.29) is 5.91 Å². The zero-order valence-corrected chi connectivity index (χ0v) is 14.7. The SMILES string of the molecule is COc1cc(CN2CCN(C(C)=O)CC2)ccc1OCC(C)C. The van der Waals surface area contributed by atoms with Gasteiger partial charge in [-0.15, -0.1) is 0 Å². The Bertz CT molecular complexity index is 523. The van der Waals surface area contributed by atoms with Crippen molar-refractivity contribution in [3.05, 3.63) is 23.8 Å². The Morgan fingerprint density at radius 2 is 1.87 bits per heavy atom. The highest BCUT2D eigenvalue weighted by atomic mass is 16.5. The molecule has 1 fully saturated rings. The summed E-state index contributed by atoms with van der Waals surface area (Å²) in [6, 6.07) is 6.13. The number of benzene rings is 1. The Morgan fingerprint density at radius 3 is 2.43 bits per heavy atom. The van der Waals surface area contributed by atoms with E-state index in [2.05, 4.69) is 24.8 Å². The lowest BCUT2D eigenvalue weighted by molar-refractivity contribution is -0.130. The molecule has 5 heteroatoms. The Hall–Kier alpha value is -1.75. The molecule has 128 valence electrons. The molecule has 5 nitrogen and oxygen atoms in total. The molecule has 1 aliphatic rings. The average Bonchev–Trinajstić information content (AvgIpc) is 2.53. The highest BCUT2D eigenvalue weighted by molar-refractivity contribution is 5.73. The largest absolute Gasteiger partial charge is 0.493 e. The maximum Gasteiger partial charge on any atom is 0.219 e. The van der Waals surface area contributed by atoms with Gasteiger partial charge in [0.05, 0.1) is 13.7 Å². The van der Waals surface area contributed by atoms with Gasteiger partial charge in [-0.05, 0) is 23.6 Å². The van der Waals surface area contributed by atoms with Crippen LogP contribution in [0.5, 0.6) is 11.5 Å². The van der Waals surface area contributed by atoms with Crippen LogP contribution in [0.2, 0.25) is 0 Å². The molecule has 1 aromatic rings. The second-order valence-corrected chi connectivity index (χ2v) is 6.47. The summed E-state index contributed by atoms with van der Waals surface area (Å²) in [5, 5.41) is 0. The van der Waals surface area contributed by atoms with Gasteiger partial charge in [-0.1, -0.05) is 19.9 Å². The van der Waals surface area contributed by atoms with Gasteiger partial charge in [0, 0.05) is 39.6 Å². The summed E-state index contributed by atoms with van der Waals surface area (Å²) < 4.78 is 11.3. The first-order valence-corrected chi connectivity index (χ1v) is 8.27. The van der Waals surface area contributed by atoms with Gasteiger partial charge in [0.2, 0.25) is 5.91 Å². The lowest BCUT2D eigenvalue weighted by atomic mass is 10.1. The van der Waals surface area contributed by atoms with E-state index >= 15 is 0 Å². The fourth-order valence-corrected chi connectivity index (χ4v) is 2.67. The summed E-state index contributed by atoms with van der Waals surface area (Å²) in [6.45, 7) is 10.9. The minimum absolute atomic E-state index is 0.165. The molecular formula is C18H28N2O3. The lowest BCUT2D eigenvalue weighted by Gasteiger charge is -2.34. The Labute approximate surface area is 139 Å². The van der Waals surface area contributed by atoms with E-state index in [0.717, 1.165) is 44.2 Å². The topological polar surface area (TPSA) is 42.0 Å². The number of hydrogen-bond donors (Lipinski definition) is 0. The van der Waals surface area contributed by atoms with E-state index in [1.54, 1.807) is 14.0 Å². The van der Waals surface area contributed by atoms with Gasteiger partial charge in [-0.25, -0.2) is 0 Å². The van der Waals surface area contributed by atoms with Crippen LogP contribution in [-0.2, 0) is 11.3 Å². The Kier molecular flexibility index (Phi) is 6.28. The van der Waals surface area contributed by atoms with E-state index in [0.29, 0.717) is 12.5 Å². The molecule has 1 aromatic carbocycles. The van der Waals surface area contributed by atoms with Crippen LogP contribution in [0.25, 0.3) is 0 Å². The van der Waals surface area contributed by atoms with E-state index in [9.17, 15) is 4.79 Å². The summed E-state index contributed by atoms with van der Waals surface area (Å²) in [5.41, 5.74) is 1.20. The van der Waals surface area contributed by atoms with Crippen molar-refractivity contribution in [3.8, 4) is 11.5 Å². The molecule has 1 aliphatic heterocycles. The van der Waals surface area contributed by atoms with Gasteiger partial charge in [0.1, 0.15) is 0 Å². The number of piperazine rings is 1. The lowest BCUT2D eigenvalue weighted by Crippen LogP contribution is -2.47. The fourth-order valence-electron chi connectivity index (χ4n) is 2.67. The monoisotopic (exact) mass is 320 g/mol. The molecule has 0 bridgehead atoms. The maximum absolute atomic E-state index is 11.4. The van der Waals surface area contributed by atoms with Crippen molar-refractivity contribution in [2.24, 2.45) is 5.92 Å². The van der Waals surface area contributed by atoms with Crippen LogP contribution in [0.4, 0.5) is 0 Å². The van der Waals surface area contributed by atoms with Crippen molar-refractivity contribution in [3.63, 3.8) is 0 Å². The first-order valence-electron chi connectivity index (χ1n) is 8.27. The number of rotatable bonds is 6. The average molecular weight is 320 g/mol. The fraction of sp³-hybridized carbons (Fsp3) is 0.611. The van der Waals surface area contributed by atoms with Crippen LogP contribution in [0.3, 0.4) is 0 Å². The smallest absolute Gasteiger partial charge is 0.219 e. The molecule has 1 heterocycles. The summed E-state index contributed by atoms with van der Waals surface area (Å²) in [5.74, 6) is 2.23. The van der Waals surface area contributed by atoms with E-state index in [4.69, 9.17) is 9.47 Å². The first kappa shape index (κ1) is 17.6. The van der Waals surface area contributed by atoms with Crippen LogP contribution in [0, 0.1) is 5.92 Å². The minimum Gasteiger partial charge on any atom is -0.493 e. The van der Waals surface area contributed by atoms with Gasteiger partial charge < -0.3 is 14.4 Å². The van der Waals surface area contributed by atoms with Crippen molar-refractivity contribution >= 4 is 5.91 Å². The quantitative estimate of drug-likeness (QED) is 0.807. The van der Waals surface area contributed by atoms with Gasteiger partial charge in [0.25, 0.3) is 0 Å². The molecule has 0 spiro atoms. The van der Waals surface area contributed by atoms with E-state index in [1.165, 1.54) is 5.56 Å². The summed E-state index contributed by atoms with van der Waals surface area (Å²) in [4.78, 5) is 15.6. The molecule has 0 atom stereocenters. The molecule has 1 saturated heterocycles. The number of carbonyl (C=O) groups is 1. The van der Waals surface area contributed by atoms with E-state index < -0.39 is 0 Å². The highest BCUT2D eigenvalue weighted by Crippen LogP contribution is 2.29. The second-order valence-electron chi connectivity index (χ2n) is 6.47. The van der Waals surface area contributed by atoms with Crippen molar-refractivity contribution in [2.45, 2.75) is 27.3 Å². The minimum atomic E-state index is 0.165. The molecule has 0 N–H and O–H groups in total. The van der Waals surface area contributed by atoms with Gasteiger partial charge in [0.15, 0.2) is 11.5 Å². The van der Waals surface area contributed by atoms with Gasteiger partial charge in [-0.3, -0.25) is 9.69 Å². The highest BCUT2D eigenvalue weighted by Gasteiger charge is 2.19. The predicted octanol–water partition coefficient (Wildman–Crippen LogP) is 2.39. The molecule has 1 amide bonds. The number of methoxy groups -OCH3 is 1. The Balaban J connectivity index is 1.94. The molecule has 0 radical (unpaired) electrons. The van der Waals surface area contributed by atoms with Crippen molar-refractivity contribution < 1.29 is 14.3 Å². The van der Waals surface area contributed by atoms with Crippen LogP contribution >= 0.6 is 0 Å². The molecule has 0 unspecified atom stereocenters. The molecule has 0 aromatic heterocycles.